The smallest absolute Gasteiger partial charge is 0.338 e. The van der Waals surface area contributed by atoms with Crippen LogP contribution in [-0.4, -0.2) is 27.9 Å². The topological polar surface area (TPSA) is 107 Å². The average molecular weight is 522 g/mol. The van der Waals surface area contributed by atoms with E-state index in [4.69, 9.17) is 36.8 Å². The molecule has 3 heterocycles. The van der Waals surface area contributed by atoms with Gasteiger partial charge in [-0.05, 0) is 61.5 Å². The van der Waals surface area contributed by atoms with Crippen LogP contribution >= 0.6 is 23.2 Å². The monoisotopic (exact) mass is 521 g/mol. The Kier molecular flexibility index (Phi) is 6.45. The summed E-state index contributed by atoms with van der Waals surface area (Å²) in [6.07, 6.45) is 1.97. The molecule has 3 aromatic heterocycles. The summed E-state index contributed by atoms with van der Waals surface area (Å²) in [5.41, 5.74) is 2.45. The molecule has 0 aliphatic rings. The molecule has 5 aromatic rings. The summed E-state index contributed by atoms with van der Waals surface area (Å²) in [5.74, 6) is -0.239. The van der Waals surface area contributed by atoms with Gasteiger partial charge in [0, 0.05) is 0 Å². The molecule has 0 aliphatic carbocycles. The molecule has 8 nitrogen and oxygen atoms in total. The molecule has 36 heavy (non-hydrogen) atoms. The van der Waals surface area contributed by atoms with E-state index in [0.29, 0.717) is 44.7 Å². The minimum atomic E-state index is -1.10. The molecule has 1 amide bonds. The van der Waals surface area contributed by atoms with Crippen LogP contribution in [0.4, 0.5) is 5.69 Å². The lowest BCUT2D eigenvalue weighted by Crippen LogP contribution is -2.30. The van der Waals surface area contributed by atoms with Crippen LogP contribution in [0.2, 0.25) is 10.0 Å². The maximum absolute atomic E-state index is 12.8. The van der Waals surface area contributed by atoms with E-state index >= 15 is 0 Å². The van der Waals surface area contributed by atoms with Crippen molar-refractivity contribution >= 4 is 51.8 Å². The molecule has 0 aliphatic heterocycles. The highest BCUT2D eigenvalue weighted by molar-refractivity contribution is 6.44. The van der Waals surface area contributed by atoms with Crippen molar-refractivity contribution in [2.24, 2.45) is 0 Å². The van der Waals surface area contributed by atoms with Crippen molar-refractivity contribution in [1.82, 2.24) is 9.97 Å². The average Bonchev–Trinajstić information content (AvgIpc) is 3.60. The van der Waals surface area contributed by atoms with E-state index in [0.717, 1.165) is 0 Å². The Morgan fingerprint density at radius 3 is 2.19 bits per heavy atom. The number of ether oxygens (including phenoxy) is 1. The van der Waals surface area contributed by atoms with Gasteiger partial charge in [0.25, 0.3) is 5.91 Å². The molecule has 0 bridgehead atoms. The fraction of sp³-hybridized carbons (Fsp3) is 0.0769. The van der Waals surface area contributed by atoms with Gasteiger partial charge in [0.05, 0.1) is 44.9 Å². The lowest BCUT2D eigenvalue weighted by atomic mass is 10.1. The lowest BCUT2D eigenvalue weighted by molar-refractivity contribution is -0.123. The second-order valence-corrected chi connectivity index (χ2v) is 8.50. The van der Waals surface area contributed by atoms with Crippen LogP contribution in [0, 0.1) is 0 Å². The first-order valence-corrected chi connectivity index (χ1v) is 11.5. The number of amides is 1. The molecule has 0 radical (unpaired) electrons. The Morgan fingerprint density at radius 2 is 1.56 bits per heavy atom. The summed E-state index contributed by atoms with van der Waals surface area (Å²) in [6, 6.07) is 16.6. The SMILES string of the molecule is CC(OC(=O)c1ccc2nc(-c3ccco3)c(-c3ccco3)nc2c1)C(=O)Nc1cccc(Cl)c1Cl. The van der Waals surface area contributed by atoms with Crippen molar-refractivity contribution in [3.05, 3.63) is 88.8 Å². The molecule has 0 saturated heterocycles. The fourth-order valence-electron chi connectivity index (χ4n) is 3.47. The number of halogens is 2. The third-order valence-electron chi connectivity index (χ3n) is 5.27. The van der Waals surface area contributed by atoms with E-state index in [1.54, 1.807) is 66.9 Å². The summed E-state index contributed by atoms with van der Waals surface area (Å²) in [6.45, 7) is 1.46. The van der Waals surface area contributed by atoms with Crippen LogP contribution in [0.15, 0.2) is 82.0 Å². The minimum absolute atomic E-state index is 0.195. The number of nitrogens with zero attached hydrogens (tertiary/aromatic N) is 2. The van der Waals surface area contributed by atoms with Gasteiger partial charge >= 0.3 is 5.97 Å². The first-order chi connectivity index (χ1) is 17.4. The van der Waals surface area contributed by atoms with Crippen LogP contribution in [-0.2, 0) is 9.53 Å². The van der Waals surface area contributed by atoms with Gasteiger partial charge in [-0.3, -0.25) is 4.79 Å². The summed E-state index contributed by atoms with van der Waals surface area (Å²) in [5, 5.41) is 3.09. The number of esters is 1. The maximum atomic E-state index is 12.8. The number of nitrogens with one attached hydrogen (secondary N) is 1. The first kappa shape index (κ1) is 23.6. The molecular formula is C26H17Cl2N3O5. The number of furan rings is 2. The van der Waals surface area contributed by atoms with E-state index in [2.05, 4.69) is 15.3 Å². The Balaban J connectivity index is 1.40. The molecular weight excluding hydrogens is 505 g/mol. The zero-order chi connectivity index (χ0) is 25.2. The van der Waals surface area contributed by atoms with Gasteiger partial charge in [-0.2, -0.15) is 0 Å². The Bertz CT molecular complexity index is 1570. The Labute approximate surface area is 214 Å². The standard InChI is InChI=1S/C26H17Cl2N3O5/c1-14(25(32)31-18-6-2-5-16(27)22(18)28)36-26(33)15-9-10-17-19(13-15)30-24(21-8-4-12-35-21)23(29-17)20-7-3-11-34-20/h2-14H,1H3,(H,31,32). The number of rotatable bonds is 6. The van der Waals surface area contributed by atoms with Crippen molar-refractivity contribution in [3.8, 4) is 22.9 Å². The maximum Gasteiger partial charge on any atom is 0.338 e. The number of carbonyl (C=O) groups excluding carboxylic acids is 2. The fourth-order valence-corrected chi connectivity index (χ4v) is 3.82. The molecule has 2 aromatic carbocycles. The highest BCUT2D eigenvalue weighted by atomic mass is 35.5. The van der Waals surface area contributed by atoms with Gasteiger partial charge in [0.2, 0.25) is 0 Å². The number of anilines is 1. The zero-order valence-electron chi connectivity index (χ0n) is 18.7. The molecule has 5 rings (SSSR count). The van der Waals surface area contributed by atoms with Crippen molar-refractivity contribution in [3.63, 3.8) is 0 Å². The number of fused-ring (bicyclic) bond motifs is 1. The van der Waals surface area contributed by atoms with Gasteiger partial charge in [-0.25, -0.2) is 14.8 Å². The van der Waals surface area contributed by atoms with Gasteiger partial charge < -0.3 is 18.9 Å². The molecule has 180 valence electrons. The molecule has 1 N–H and O–H groups in total. The number of hydrogen-bond donors (Lipinski definition) is 1. The third-order valence-corrected chi connectivity index (χ3v) is 6.09. The molecule has 1 atom stereocenters. The number of aromatic nitrogens is 2. The molecule has 0 spiro atoms. The Morgan fingerprint density at radius 1 is 0.889 bits per heavy atom. The highest BCUT2D eigenvalue weighted by Crippen LogP contribution is 2.32. The summed E-state index contributed by atoms with van der Waals surface area (Å²) in [7, 11) is 0. The van der Waals surface area contributed by atoms with Crippen molar-refractivity contribution in [2.45, 2.75) is 13.0 Å². The van der Waals surface area contributed by atoms with Crippen molar-refractivity contribution < 1.29 is 23.2 Å². The van der Waals surface area contributed by atoms with E-state index < -0.39 is 18.0 Å². The minimum Gasteiger partial charge on any atom is -0.463 e. The zero-order valence-corrected chi connectivity index (χ0v) is 20.2. The van der Waals surface area contributed by atoms with Crippen molar-refractivity contribution in [2.75, 3.05) is 5.32 Å². The van der Waals surface area contributed by atoms with Crippen LogP contribution in [0.5, 0.6) is 0 Å². The largest absolute Gasteiger partial charge is 0.463 e. The Hall–Kier alpha value is -4.14. The first-order valence-electron chi connectivity index (χ1n) is 10.8. The van der Waals surface area contributed by atoms with Gasteiger partial charge in [-0.15, -0.1) is 0 Å². The highest BCUT2D eigenvalue weighted by Gasteiger charge is 2.22. The predicted octanol–water partition coefficient (Wildman–Crippen LogP) is 6.64. The van der Waals surface area contributed by atoms with Crippen LogP contribution < -0.4 is 5.32 Å². The summed E-state index contributed by atoms with van der Waals surface area (Å²) < 4.78 is 16.4. The van der Waals surface area contributed by atoms with Crippen LogP contribution in [0.1, 0.15) is 17.3 Å². The van der Waals surface area contributed by atoms with E-state index in [1.165, 1.54) is 13.2 Å². The van der Waals surface area contributed by atoms with E-state index in [-0.39, 0.29) is 10.6 Å². The second-order valence-electron chi connectivity index (χ2n) is 7.72. The second kappa shape index (κ2) is 9.85. The van der Waals surface area contributed by atoms with Crippen LogP contribution in [0.3, 0.4) is 0 Å². The third kappa shape index (κ3) is 4.68. The quantitative estimate of drug-likeness (QED) is 0.249. The summed E-state index contributed by atoms with van der Waals surface area (Å²) >= 11 is 12.1. The van der Waals surface area contributed by atoms with E-state index in [9.17, 15) is 9.59 Å². The number of carbonyl (C=O) groups is 2. The summed E-state index contributed by atoms with van der Waals surface area (Å²) in [4.78, 5) is 34.7. The molecule has 0 fully saturated rings. The van der Waals surface area contributed by atoms with Gasteiger partial charge in [-0.1, -0.05) is 29.3 Å². The molecule has 0 saturated carbocycles. The lowest BCUT2D eigenvalue weighted by Gasteiger charge is -2.15. The molecule has 10 heteroatoms. The van der Waals surface area contributed by atoms with Gasteiger partial charge in [0.15, 0.2) is 17.6 Å². The number of benzene rings is 2. The predicted molar refractivity (Wildman–Crippen MR) is 135 cm³/mol. The van der Waals surface area contributed by atoms with Crippen molar-refractivity contribution in [1.29, 1.82) is 0 Å². The normalized spacial score (nSPS) is 11.9. The van der Waals surface area contributed by atoms with Gasteiger partial charge in [0.1, 0.15) is 11.4 Å². The number of hydrogen-bond acceptors (Lipinski definition) is 7. The van der Waals surface area contributed by atoms with Crippen LogP contribution in [0.25, 0.3) is 33.9 Å². The molecule has 1 unspecified atom stereocenters. The van der Waals surface area contributed by atoms with E-state index in [1.807, 2.05) is 0 Å².